The maximum absolute atomic E-state index is 4.60. The minimum atomic E-state index is 0.718. The van der Waals surface area contributed by atoms with Crippen LogP contribution in [0.15, 0.2) is 12.1 Å². The summed E-state index contributed by atoms with van der Waals surface area (Å²) in [4.78, 5) is 4.60. The quantitative estimate of drug-likeness (QED) is 0.818. The molecule has 0 amide bonds. The Balaban J connectivity index is 2.24. The minimum absolute atomic E-state index is 0.718. The van der Waals surface area contributed by atoms with Crippen LogP contribution in [0.2, 0.25) is 0 Å². The molecule has 1 saturated carbocycles. The van der Waals surface area contributed by atoms with Crippen molar-refractivity contribution in [3.05, 3.63) is 21.5 Å². The third-order valence-corrected chi connectivity index (χ3v) is 3.13. The number of fused-ring (bicyclic) bond motifs is 1. The number of aromatic nitrogens is 3. The van der Waals surface area contributed by atoms with Crippen molar-refractivity contribution in [2.75, 3.05) is 0 Å². The Hall–Kier alpha value is -0.650. The molecule has 0 radical (unpaired) electrons. The molecule has 0 spiro atoms. The molecule has 1 N–H and O–H groups in total. The number of H-pyrrole nitrogens is 1. The highest BCUT2D eigenvalue weighted by Gasteiger charge is 2.25. The molecule has 2 heterocycles. The number of halogens is 1. The van der Waals surface area contributed by atoms with Gasteiger partial charge in [-0.25, -0.2) is 4.98 Å². The van der Waals surface area contributed by atoms with E-state index in [4.69, 9.17) is 0 Å². The van der Waals surface area contributed by atoms with Crippen LogP contribution in [-0.2, 0) is 0 Å². The first-order chi connectivity index (χ1) is 6.34. The second-order valence-corrected chi connectivity index (χ2v) is 4.44. The van der Waals surface area contributed by atoms with Crippen molar-refractivity contribution in [1.82, 2.24) is 15.2 Å². The van der Waals surface area contributed by atoms with Gasteiger partial charge in [0, 0.05) is 11.6 Å². The van der Waals surface area contributed by atoms with E-state index in [1.165, 1.54) is 18.5 Å². The summed E-state index contributed by atoms with van der Waals surface area (Å²) in [5, 5.41) is 7.07. The zero-order valence-electron chi connectivity index (χ0n) is 6.92. The number of hydrogen-bond donors (Lipinski definition) is 1. The lowest BCUT2D eigenvalue weighted by molar-refractivity contribution is 1.04. The second kappa shape index (κ2) is 2.67. The van der Waals surface area contributed by atoms with Crippen LogP contribution in [0.5, 0.6) is 0 Å². The number of rotatable bonds is 1. The highest BCUT2D eigenvalue weighted by atomic mass is 127. The van der Waals surface area contributed by atoms with Gasteiger partial charge >= 0.3 is 0 Å². The van der Waals surface area contributed by atoms with Crippen molar-refractivity contribution in [2.45, 2.75) is 18.8 Å². The van der Waals surface area contributed by atoms with Gasteiger partial charge in [-0.1, -0.05) is 0 Å². The molecule has 13 heavy (non-hydrogen) atoms. The van der Waals surface area contributed by atoms with E-state index in [9.17, 15) is 0 Å². The summed E-state index contributed by atoms with van der Waals surface area (Å²) in [6.07, 6.45) is 2.60. The highest BCUT2D eigenvalue weighted by Crippen LogP contribution is 2.39. The van der Waals surface area contributed by atoms with Gasteiger partial charge in [0.25, 0.3) is 0 Å². The van der Waals surface area contributed by atoms with E-state index < -0.39 is 0 Å². The fourth-order valence-corrected chi connectivity index (χ4v) is 2.02. The van der Waals surface area contributed by atoms with E-state index in [0.29, 0.717) is 0 Å². The lowest BCUT2D eigenvalue weighted by Crippen LogP contribution is -1.86. The van der Waals surface area contributed by atoms with Crippen LogP contribution in [0.3, 0.4) is 0 Å². The van der Waals surface area contributed by atoms with Gasteiger partial charge in [-0.05, 0) is 47.6 Å². The fourth-order valence-electron chi connectivity index (χ4n) is 1.49. The van der Waals surface area contributed by atoms with Gasteiger partial charge in [-0.2, -0.15) is 5.10 Å². The SMILES string of the molecule is Ic1n[nH]c2ccc(C3CC3)nc12. The average molecular weight is 285 g/mol. The van der Waals surface area contributed by atoms with Crippen LogP contribution < -0.4 is 0 Å². The Labute approximate surface area is 89.1 Å². The van der Waals surface area contributed by atoms with E-state index in [1.54, 1.807) is 0 Å². The molecule has 0 bridgehead atoms. The molecule has 2 aromatic rings. The van der Waals surface area contributed by atoms with Gasteiger partial charge < -0.3 is 0 Å². The molecular weight excluding hydrogens is 277 g/mol. The van der Waals surface area contributed by atoms with Crippen LogP contribution in [0, 0.1) is 3.70 Å². The predicted molar refractivity (Wildman–Crippen MR) is 58.6 cm³/mol. The molecule has 0 aliphatic heterocycles. The number of nitrogens with zero attached hydrogens (tertiary/aromatic N) is 2. The third kappa shape index (κ3) is 1.23. The molecule has 1 aliphatic rings. The smallest absolute Gasteiger partial charge is 0.149 e. The van der Waals surface area contributed by atoms with Crippen molar-refractivity contribution in [1.29, 1.82) is 0 Å². The van der Waals surface area contributed by atoms with Crippen LogP contribution in [0.4, 0.5) is 0 Å². The van der Waals surface area contributed by atoms with Crippen LogP contribution in [0.25, 0.3) is 11.0 Å². The molecule has 4 heteroatoms. The van der Waals surface area contributed by atoms with Gasteiger partial charge in [0.2, 0.25) is 0 Å². The lowest BCUT2D eigenvalue weighted by atomic mass is 10.2. The first-order valence-corrected chi connectivity index (χ1v) is 5.43. The van der Waals surface area contributed by atoms with Gasteiger partial charge in [-0.3, -0.25) is 5.10 Å². The van der Waals surface area contributed by atoms with E-state index in [0.717, 1.165) is 20.7 Å². The number of hydrogen-bond acceptors (Lipinski definition) is 2. The van der Waals surface area contributed by atoms with E-state index >= 15 is 0 Å². The monoisotopic (exact) mass is 285 g/mol. The molecule has 1 aliphatic carbocycles. The Morgan fingerprint density at radius 2 is 2.23 bits per heavy atom. The van der Waals surface area contributed by atoms with E-state index in [1.807, 2.05) is 0 Å². The molecule has 0 atom stereocenters. The summed E-state index contributed by atoms with van der Waals surface area (Å²) in [5.74, 6) is 0.718. The highest BCUT2D eigenvalue weighted by molar-refractivity contribution is 14.1. The molecule has 1 fully saturated rings. The summed E-state index contributed by atoms with van der Waals surface area (Å²) in [6.45, 7) is 0. The van der Waals surface area contributed by atoms with Gasteiger partial charge in [0.1, 0.15) is 9.22 Å². The lowest BCUT2D eigenvalue weighted by Gasteiger charge is -1.95. The van der Waals surface area contributed by atoms with Crippen LogP contribution in [-0.4, -0.2) is 15.2 Å². The first kappa shape index (κ1) is 7.73. The maximum atomic E-state index is 4.60. The van der Waals surface area contributed by atoms with Crippen molar-refractivity contribution >= 4 is 33.6 Å². The van der Waals surface area contributed by atoms with Crippen LogP contribution >= 0.6 is 22.6 Å². The summed E-state index contributed by atoms with van der Waals surface area (Å²) < 4.78 is 0.968. The third-order valence-electron chi connectivity index (χ3n) is 2.38. The van der Waals surface area contributed by atoms with Crippen molar-refractivity contribution in [3.63, 3.8) is 0 Å². The van der Waals surface area contributed by atoms with Crippen molar-refractivity contribution < 1.29 is 0 Å². The first-order valence-electron chi connectivity index (χ1n) is 4.35. The Morgan fingerprint density at radius 1 is 1.38 bits per heavy atom. The number of pyridine rings is 1. The summed E-state index contributed by atoms with van der Waals surface area (Å²) in [7, 11) is 0. The predicted octanol–water partition coefficient (Wildman–Crippen LogP) is 2.44. The molecule has 0 aromatic carbocycles. The Kier molecular flexibility index (Phi) is 1.59. The number of aromatic amines is 1. The van der Waals surface area contributed by atoms with E-state index in [-0.39, 0.29) is 0 Å². The topological polar surface area (TPSA) is 41.6 Å². The normalized spacial score (nSPS) is 16.7. The van der Waals surface area contributed by atoms with Crippen molar-refractivity contribution in [3.8, 4) is 0 Å². The van der Waals surface area contributed by atoms with Crippen LogP contribution in [0.1, 0.15) is 24.5 Å². The molecule has 66 valence electrons. The van der Waals surface area contributed by atoms with Gasteiger partial charge in [0.05, 0.1) is 5.52 Å². The second-order valence-electron chi connectivity index (χ2n) is 3.42. The summed E-state index contributed by atoms with van der Waals surface area (Å²) in [6, 6.07) is 4.18. The Bertz CT molecular complexity index is 459. The van der Waals surface area contributed by atoms with Gasteiger partial charge in [-0.15, -0.1) is 0 Å². The molecular formula is C9H8IN3. The maximum Gasteiger partial charge on any atom is 0.149 e. The Morgan fingerprint density at radius 3 is 3.00 bits per heavy atom. The van der Waals surface area contributed by atoms with E-state index in [2.05, 4.69) is 49.9 Å². The summed E-state index contributed by atoms with van der Waals surface area (Å²) >= 11 is 2.21. The zero-order valence-corrected chi connectivity index (χ0v) is 9.08. The summed E-state index contributed by atoms with van der Waals surface area (Å²) in [5.41, 5.74) is 3.28. The molecule has 3 nitrogen and oxygen atoms in total. The molecule has 2 aromatic heterocycles. The average Bonchev–Trinajstić information content (AvgIpc) is 2.93. The minimum Gasteiger partial charge on any atom is -0.275 e. The molecule has 0 unspecified atom stereocenters. The standard InChI is InChI=1S/C9H8IN3/c10-9-8-7(12-13-9)4-3-6(11-8)5-1-2-5/h3-5H,1-2H2,(H,12,13). The fraction of sp³-hybridized carbons (Fsp3) is 0.333. The largest absolute Gasteiger partial charge is 0.275 e. The number of nitrogens with one attached hydrogen (secondary N) is 1. The molecule has 3 rings (SSSR count). The molecule has 0 saturated heterocycles. The van der Waals surface area contributed by atoms with Gasteiger partial charge in [0.15, 0.2) is 0 Å². The zero-order chi connectivity index (χ0) is 8.84. The van der Waals surface area contributed by atoms with Crippen molar-refractivity contribution in [2.24, 2.45) is 0 Å².